The van der Waals surface area contributed by atoms with Crippen LogP contribution in [0.15, 0.2) is 0 Å². The van der Waals surface area contributed by atoms with Crippen LogP contribution in [0.5, 0.6) is 0 Å². The minimum atomic E-state index is -3.30. The summed E-state index contributed by atoms with van der Waals surface area (Å²) in [6.45, 7) is 6.38. The molecule has 1 fully saturated rings. The SMILES string of the molecule is CC(C)N(C)CCCCNCC1CC(F)(F)C(=O)O1. The Labute approximate surface area is 113 Å². The third-order valence-corrected chi connectivity index (χ3v) is 3.42. The minimum Gasteiger partial charge on any atom is -0.456 e. The zero-order chi connectivity index (χ0) is 14.5. The Balaban J connectivity index is 2.02. The van der Waals surface area contributed by atoms with Crippen molar-refractivity contribution in [3.05, 3.63) is 0 Å². The number of unbranched alkanes of at least 4 members (excludes halogenated alkanes) is 1. The highest BCUT2D eigenvalue weighted by molar-refractivity contribution is 5.79. The van der Waals surface area contributed by atoms with Gasteiger partial charge in [-0.05, 0) is 46.8 Å². The van der Waals surface area contributed by atoms with Crippen LogP contribution >= 0.6 is 0 Å². The first-order valence-corrected chi connectivity index (χ1v) is 6.83. The average Bonchev–Trinajstić information content (AvgIpc) is 2.57. The molecule has 1 saturated heterocycles. The molecule has 1 N–H and O–H groups in total. The maximum atomic E-state index is 12.9. The molecule has 112 valence electrons. The highest BCUT2D eigenvalue weighted by Crippen LogP contribution is 2.30. The summed E-state index contributed by atoms with van der Waals surface area (Å²) in [4.78, 5) is 13.0. The fraction of sp³-hybridized carbons (Fsp3) is 0.923. The van der Waals surface area contributed by atoms with Gasteiger partial charge in [-0.1, -0.05) is 0 Å². The zero-order valence-corrected chi connectivity index (χ0v) is 11.9. The molecule has 1 rings (SSSR count). The molecular weight excluding hydrogens is 254 g/mol. The van der Waals surface area contributed by atoms with Crippen molar-refractivity contribution in [3.8, 4) is 0 Å². The second kappa shape index (κ2) is 7.14. The first-order valence-electron chi connectivity index (χ1n) is 6.83. The molecule has 6 heteroatoms. The van der Waals surface area contributed by atoms with Gasteiger partial charge in [-0.2, -0.15) is 8.78 Å². The lowest BCUT2D eigenvalue weighted by molar-refractivity contribution is -0.159. The van der Waals surface area contributed by atoms with E-state index in [1.807, 2.05) is 0 Å². The second-order valence-electron chi connectivity index (χ2n) is 5.42. The number of carbonyl (C=O) groups is 1. The smallest absolute Gasteiger partial charge is 0.377 e. The number of nitrogens with one attached hydrogen (secondary N) is 1. The van der Waals surface area contributed by atoms with E-state index in [9.17, 15) is 13.6 Å². The molecule has 0 aromatic heterocycles. The third kappa shape index (κ3) is 5.40. The lowest BCUT2D eigenvalue weighted by atomic mass is 10.2. The number of alkyl halides is 2. The van der Waals surface area contributed by atoms with E-state index in [1.54, 1.807) is 0 Å². The van der Waals surface area contributed by atoms with Crippen molar-refractivity contribution in [1.82, 2.24) is 10.2 Å². The Morgan fingerprint density at radius 1 is 1.47 bits per heavy atom. The molecule has 0 amide bonds. The molecule has 1 heterocycles. The van der Waals surface area contributed by atoms with Crippen molar-refractivity contribution in [3.63, 3.8) is 0 Å². The van der Waals surface area contributed by atoms with Gasteiger partial charge in [0.2, 0.25) is 0 Å². The van der Waals surface area contributed by atoms with Gasteiger partial charge in [-0.25, -0.2) is 4.79 Å². The molecule has 0 radical (unpaired) electrons. The predicted octanol–water partition coefficient (Wildman–Crippen LogP) is 1.65. The first kappa shape index (κ1) is 16.3. The van der Waals surface area contributed by atoms with Gasteiger partial charge in [0, 0.05) is 12.6 Å². The summed E-state index contributed by atoms with van der Waals surface area (Å²) in [5, 5.41) is 3.06. The molecule has 1 aliphatic heterocycles. The summed E-state index contributed by atoms with van der Waals surface area (Å²) in [5.41, 5.74) is 0. The first-order chi connectivity index (χ1) is 8.83. The topological polar surface area (TPSA) is 41.6 Å². The number of hydrogen-bond donors (Lipinski definition) is 1. The molecule has 0 spiro atoms. The Hall–Kier alpha value is -0.750. The molecule has 1 aliphatic rings. The average molecular weight is 278 g/mol. The molecular formula is C13H24F2N2O2. The summed E-state index contributed by atoms with van der Waals surface area (Å²) in [5.74, 6) is -4.69. The van der Waals surface area contributed by atoms with Crippen LogP contribution in [0.25, 0.3) is 0 Å². The Morgan fingerprint density at radius 3 is 2.68 bits per heavy atom. The van der Waals surface area contributed by atoms with Gasteiger partial charge in [0.05, 0.1) is 6.42 Å². The number of nitrogens with zero attached hydrogens (tertiary/aromatic N) is 1. The van der Waals surface area contributed by atoms with Crippen LogP contribution < -0.4 is 5.32 Å². The molecule has 1 unspecified atom stereocenters. The highest BCUT2D eigenvalue weighted by Gasteiger charge is 2.50. The molecule has 0 aromatic rings. The summed E-state index contributed by atoms with van der Waals surface area (Å²) in [6.07, 6.45) is 0.839. The van der Waals surface area contributed by atoms with E-state index in [4.69, 9.17) is 0 Å². The third-order valence-electron chi connectivity index (χ3n) is 3.42. The minimum absolute atomic E-state index is 0.307. The number of carbonyl (C=O) groups excluding carboxylic acids is 1. The molecule has 0 aliphatic carbocycles. The van der Waals surface area contributed by atoms with Crippen LogP contribution in [-0.2, 0) is 9.53 Å². The number of esters is 1. The van der Waals surface area contributed by atoms with Gasteiger partial charge < -0.3 is 15.0 Å². The van der Waals surface area contributed by atoms with E-state index in [0.717, 1.165) is 25.9 Å². The standard InChI is InChI=1S/C13H24F2N2O2/c1-10(2)17(3)7-5-4-6-16-9-11-8-13(14,15)12(18)19-11/h10-11,16H,4-9H2,1-3H3. The van der Waals surface area contributed by atoms with Crippen molar-refractivity contribution in [2.45, 2.75) is 51.2 Å². The summed E-state index contributed by atoms with van der Waals surface area (Å²) >= 11 is 0. The number of cyclic esters (lactones) is 1. The largest absolute Gasteiger partial charge is 0.456 e. The molecule has 0 aromatic carbocycles. The molecule has 0 saturated carbocycles. The zero-order valence-electron chi connectivity index (χ0n) is 11.9. The van der Waals surface area contributed by atoms with Gasteiger partial charge in [-0.15, -0.1) is 0 Å². The van der Waals surface area contributed by atoms with Crippen LogP contribution in [0, 0.1) is 0 Å². The Kier molecular flexibility index (Phi) is 6.13. The van der Waals surface area contributed by atoms with Crippen LogP contribution in [0.3, 0.4) is 0 Å². The Bertz CT molecular complexity index is 298. The van der Waals surface area contributed by atoms with Gasteiger partial charge in [0.25, 0.3) is 0 Å². The predicted molar refractivity (Wildman–Crippen MR) is 69.3 cm³/mol. The van der Waals surface area contributed by atoms with E-state index in [0.29, 0.717) is 12.6 Å². The molecule has 1 atom stereocenters. The summed E-state index contributed by atoms with van der Waals surface area (Å²) in [7, 11) is 2.08. The lowest BCUT2D eigenvalue weighted by Crippen LogP contribution is -2.30. The van der Waals surface area contributed by atoms with Crippen molar-refractivity contribution in [2.75, 3.05) is 26.7 Å². The highest BCUT2D eigenvalue weighted by atomic mass is 19.3. The summed E-state index contributed by atoms with van der Waals surface area (Å²) in [6, 6.07) is 0.535. The van der Waals surface area contributed by atoms with Gasteiger partial charge in [0.15, 0.2) is 0 Å². The summed E-state index contributed by atoms with van der Waals surface area (Å²) < 4.78 is 30.3. The maximum absolute atomic E-state index is 12.9. The fourth-order valence-corrected chi connectivity index (χ4v) is 1.89. The van der Waals surface area contributed by atoms with Gasteiger partial charge in [-0.3, -0.25) is 0 Å². The molecule has 19 heavy (non-hydrogen) atoms. The van der Waals surface area contributed by atoms with Crippen molar-refractivity contribution in [2.24, 2.45) is 0 Å². The lowest BCUT2D eigenvalue weighted by Gasteiger charge is -2.20. The number of hydrogen-bond acceptors (Lipinski definition) is 4. The fourth-order valence-electron chi connectivity index (χ4n) is 1.89. The molecule has 4 nitrogen and oxygen atoms in total. The van der Waals surface area contributed by atoms with Crippen molar-refractivity contribution >= 4 is 5.97 Å². The van der Waals surface area contributed by atoms with Crippen molar-refractivity contribution < 1.29 is 18.3 Å². The van der Waals surface area contributed by atoms with E-state index in [2.05, 4.69) is 35.8 Å². The van der Waals surface area contributed by atoms with Crippen LogP contribution in [-0.4, -0.2) is 55.6 Å². The second-order valence-corrected chi connectivity index (χ2v) is 5.42. The molecule has 0 bridgehead atoms. The number of ether oxygens (including phenoxy) is 1. The van der Waals surface area contributed by atoms with Crippen molar-refractivity contribution in [1.29, 1.82) is 0 Å². The van der Waals surface area contributed by atoms with E-state index >= 15 is 0 Å². The van der Waals surface area contributed by atoms with Crippen LogP contribution in [0.1, 0.15) is 33.1 Å². The normalized spacial score (nSPS) is 22.3. The van der Waals surface area contributed by atoms with E-state index in [1.165, 1.54) is 0 Å². The maximum Gasteiger partial charge on any atom is 0.377 e. The van der Waals surface area contributed by atoms with E-state index < -0.39 is 24.4 Å². The number of rotatable bonds is 8. The van der Waals surface area contributed by atoms with Gasteiger partial charge >= 0.3 is 11.9 Å². The van der Waals surface area contributed by atoms with E-state index in [-0.39, 0.29) is 0 Å². The Morgan fingerprint density at radius 2 is 2.16 bits per heavy atom. The number of halogens is 2. The monoisotopic (exact) mass is 278 g/mol. The quantitative estimate of drug-likeness (QED) is 0.541. The van der Waals surface area contributed by atoms with Gasteiger partial charge in [0.1, 0.15) is 6.10 Å². The van der Waals surface area contributed by atoms with Crippen LogP contribution in [0.4, 0.5) is 8.78 Å². The van der Waals surface area contributed by atoms with Crippen LogP contribution in [0.2, 0.25) is 0 Å².